The summed E-state index contributed by atoms with van der Waals surface area (Å²) in [5, 5.41) is 4.55. The van der Waals surface area contributed by atoms with Crippen LogP contribution in [0.4, 0.5) is 11.5 Å². The van der Waals surface area contributed by atoms with Crippen LogP contribution in [0.3, 0.4) is 0 Å². The van der Waals surface area contributed by atoms with Gasteiger partial charge in [0.2, 0.25) is 0 Å². The van der Waals surface area contributed by atoms with E-state index < -0.39 is 0 Å². The first-order chi connectivity index (χ1) is 8.02. The SMILES string of the molecule is CCCN(CCC)c1c(N)c(C)nn1C(C)C. The minimum atomic E-state index is 0.345. The molecule has 98 valence electrons. The maximum Gasteiger partial charge on any atom is 0.150 e. The van der Waals surface area contributed by atoms with Gasteiger partial charge in [-0.05, 0) is 33.6 Å². The Morgan fingerprint density at radius 1 is 1.24 bits per heavy atom. The molecule has 1 rings (SSSR count). The first-order valence-electron chi connectivity index (χ1n) is 6.62. The van der Waals surface area contributed by atoms with Crippen molar-refractivity contribution >= 4 is 11.5 Å². The minimum absolute atomic E-state index is 0.345. The Morgan fingerprint density at radius 3 is 2.18 bits per heavy atom. The van der Waals surface area contributed by atoms with Crippen molar-refractivity contribution in [1.82, 2.24) is 9.78 Å². The van der Waals surface area contributed by atoms with Crippen LogP contribution in [-0.4, -0.2) is 22.9 Å². The maximum absolute atomic E-state index is 6.18. The molecule has 0 radical (unpaired) electrons. The highest BCUT2D eigenvalue weighted by atomic mass is 15.4. The van der Waals surface area contributed by atoms with Crippen molar-refractivity contribution in [3.63, 3.8) is 0 Å². The molecule has 1 aromatic rings. The van der Waals surface area contributed by atoms with Gasteiger partial charge in [-0.3, -0.25) is 0 Å². The molecule has 0 bridgehead atoms. The standard InChI is InChI=1S/C13H26N4/c1-6-8-16(9-7-2)13-12(14)11(5)15-17(13)10(3)4/h10H,6-9,14H2,1-5H3. The number of hydrogen-bond acceptors (Lipinski definition) is 3. The zero-order chi connectivity index (χ0) is 13.0. The molecule has 0 unspecified atom stereocenters. The lowest BCUT2D eigenvalue weighted by Crippen LogP contribution is -2.28. The number of aryl methyl sites for hydroxylation is 1. The molecule has 0 aliphatic carbocycles. The van der Waals surface area contributed by atoms with E-state index >= 15 is 0 Å². The molecule has 0 aromatic carbocycles. The fourth-order valence-corrected chi connectivity index (χ4v) is 2.09. The number of anilines is 2. The van der Waals surface area contributed by atoms with E-state index in [0.29, 0.717) is 6.04 Å². The largest absolute Gasteiger partial charge is 0.394 e. The van der Waals surface area contributed by atoms with E-state index in [2.05, 4.69) is 42.4 Å². The number of nitrogen functional groups attached to an aromatic ring is 1. The Hall–Kier alpha value is -1.19. The van der Waals surface area contributed by atoms with Crippen molar-refractivity contribution in [3.05, 3.63) is 5.69 Å². The van der Waals surface area contributed by atoms with Gasteiger partial charge in [-0.25, -0.2) is 4.68 Å². The van der Waals surface area contributed by atoms with Gasteiger partial charge < -0.3 is 10.6 Å². The minimum Gasteiger partial charge on any atom is -0.394 e. The lowest BCUT2D eigenvalue weighted by atomic mass is 10.3. The summed E-state index contributed by atoms with van der Waals surface area (Å²) in [6.45, 7) is 12.7. The van der Waals surface area contributed by atoms with Gasteiger partial charge in [0.1, 0.15) is 0 Å². The summed E-state index contributed by atoms with van der Waals surface area (Å²) < 4.78 is 2.05. The first kappa shape index (κ1) is 13.9. The van der Waals surface area contributed by atoms with Crippen LogP contribution in [0, 0.1) is 6.92 Å². The van der Waals surface area contributed by atoms with Crippen LogP contribution in [0.1, 0.15) is 52.3 Å². The van der Waals surface area contributed by atoms with Crippen LogP contribution in [0.15, 0.2) is 0 Å². The van der Waals surface area contributed by atoms with Crippen LogP contribution < -0.4 is 10.6 Å². The Kier molecular flexibility index (Phi) is 4.85. The van der Waals surface area contributed by atoms with E-state index in [1.165, 1.54) is 0 Å². The quantitative estimate of drug-likeness (QED) is 0.828. The summed E-state index contributed by atoms with van der Waals surface area (Å²) in [5.74, 6) is 1.10. The molecule has 0 aliphatic rings. The molecule has 0 atom stereocenters. The molecule has 4 heteroatoms. The first-order valence-corrected chi connectivity index (χ1v) is 6.62. The normalized spacial score (nSPS) is 11.2. The van der Waals surface area contributed by atoms with Gasteiger partial charge >= 0.3 is 0 Å². The molecule has 1 aromatic heterocycles. The third kappa shape index (κ3) is 2.93. The summed E-state index contributed by atoms with van der Waals surface area (Å²) in [6.07, 6.45) is 2.25. The third-order valence-corrected chi connectivity index (χ3v) is 2.88. The second-order valence-corrected chi connectivity index (χ2v) is 4.85. The number of rotatable bonds is 6. The second kappa shape index (κ2) is 5.94. The molecule has 0 aliphatic heterocycles. The molecule has 0 saturated carbocycles. The Bertz CT molecular complexity index is 349. The van der Waals surface area contributed by atoms with E-state index in [9.17, 15) is 0 Å². The molecule has 17 heavy (non-hydrogen) atoms. The van der Waals surface area contributed by atoms with Crippen molar-refractivity contribution in [2.75, 3.05) is 23.7 Å². The Balaban J connectivity index is 3.15. The van der Waals surface area contributed by atoms with E-state index in [1.807, 2.05) is 6.92 Å². The van der Waals surface area contributed by atoms with E-state index in [0.717, 1.165) is 43.1 Å². The molecule has 1 heterocycles. The maximum atomic E-state index is 6.18. The van der Waals surface area contributed by atoms with Crippen LogP contribution in [0.25, 0.3) is 0 Å². The summed E-state index contributed by atoms with van der Waals surface area (Å²) in [4.78, 5) is 2.36. The topological polar surface area (TPSA) is 47.1 Å². The fourth-order valence-electron chi connectivity index (χ4n) is 2.09. The number of nitrogens with zero attached hydrogens (tertiary/aromatic N) is 3. The molecule has 0 spiro atoms. The van der Waals surface area contributed by atoms with Crippen molar-refractivity contribution in [2.45, 2.75) is 53.5 Å². The molecule has 0 fully saturated rings. The number of nitrogens with two attached hydrogens (primary N) is 1. The molecule has 2 N–H and O–H groups in total. The van der Waals surface area contributed by atoms with Crippen LogP contribution in [-0.2, 0) is 0 Å². The lowest BCUT2D eigenvalue weighted by Gasteiger charge is -2.26. The van der Waals surface area contributed by atoms with E-state index in [4.69, 9.17) is 5.73 Å². The highest BCUT2D eigenvalue weighted by Crippen LogP contribution is 2.29. The number of hydrogen-bond donors (Lipinski definition) is 1. The van der Waals surface area contributed by atoms with Gasteiger partial charge in [-0.2, -0.15) is 5.10 Å². The van der Waals surface area contributed by atoms with Crippen molar-refractivity contribution in [2.24, 2.45) is 0 Å². The van der Waals surface area contributed by atoms with Crippen molar-refractivity contribution in [3.8, 4) is 0 Å². The van der Waals surface area contributed by atoms with E-state index in [1.54, 1.807) is 0 Å². The molecule has 0 saturated heterocycles. The molecule has 4 nitrogen and oxygen atoms in total. The highest BCUT2D eigenvalue weighted by Gasteiger charge is 2.19. The van der Waals surface area contributed by atoms with Crippen LogP contribution in [0.5, 0.6) is 0 Å². The zero-order valence-corrected chi connectivity index (χ0v) is 11.8. The Labute approximate surface area is 105 Å². The predicted molar refractivity (Wildman–Crippen MR) is 74.6 cm³/mol. The molecule has 0 amide bonds. The number of aromatic nitrogens is 2. The van der Waals surface area contributed by atoms with Crippen molar-refractivity contribution < 1.29 is 0 Å². The Morgan fingerprint density at radius 2 is 1.76 bits per heavy atom. The molecular formula is C13H26N4. The van der Waals surface area contributed by atoms with Crippen LogP contribution >= 0.6 is 0 Å². The average Bonchev–Trinajstić information content (AvgIpc) is 2.56. The van der Waals surface area contributed by atoms with Gasteiger partial charge in [0.25, 0.3) is 0 Å². The predicted octanol–water partition coefficient (Wildman–Crippen LogP) is 2.98. The third-order valence-electron chi connectivity index (χ3n) is 2.88. The monoisotopic (exact) mass is 238 g/mol. The van der Waals surface area contributed by atoms with Crippen LogP contribution in [0.2, 0.25) is 0 Å². The summed E-state index contributed by atoms with van der Waals surface area (Å²) in [6, 6.07) is 0.345. The van der Waals surface area contributed by atoms with Gasteiger partial charge in [0.05, 0.1) is 11.4 Å². The summed E-state index contributed by atoms with van der Waals surface area (Å²) in [5.41, 5.74) is 7.95. The average molecular weight is 238 g/mol. The zero-order valence-electron chi connectivity index (χ0n) is 11.8. The second-order valence-electron chi connectivity index (χ2n) is 4.85. The van der Waals surface area contributed by atoms with Gasteiger partial charge in [0.15, 0.2) is 5.82 Å². The summed E-state index contributed by atoms with van der Waals surface area (Å²) in [7, 11) is 0. The van der Waals surface area contributed by atoms with Gasteiger partial charge in [0, 0.05) is 19.1 Å². The highest BCUT2D eigenvalue weighted by molar-refractivity contribution is 5.66. The van der Waals surface area contributed by atoms with Gasteiger partial charge in [-0.15, -0.1) is 0 Å². The summed E-state index contributed by atoms with van der Waals surface area (Å²) >= 11 is 0. The van der Waals surface area contributed by atoms with E-state index in [-0.39, 0.29) is 0 Å². The smallest absolute Gasteiger partial charge is 0.150 e. The van der Waals surface area contributed by atoms with Crippen molar-refractivity contribution in [1.29, 1.82) is 0 Å². The molecular weight excluding hydrogens is 212 g/mol. The lowest BCUT2D eigenvalue weighted by molar-refractivity contribution is 0.520. The van der Waals surface area contributed by atoms with Gasteiger partial charge in [-0.1, -0.05) is 13.8 Å². The fraction of sp³-hybridized carbons (Fsp3) is 0.769.